The van der Waals surface area contributed by atoms with Crippen molar-refractivity contribution < 1.29 is 14.7 Å². The molecule has 0 heterocycles. The van der Waals surface area contributed by atoms with E-state index in [2.05, 4.69) is 5.32 Å². The number of anilines is 1. The first-order valence-corrected chi connectivity index (χ1v) is 6.76. The molecule has 1 aliphatic rings. The molecule has 2 N–H and O–H groups in total. The van der Waals surface area contributed by atoms with Gasteiger partial charge in [0.25, 0.3) is 0 Å². The monoisotopic (exact) mass is 276 g/mol. The van der Waals surface area contributed by atoms with Crippen molar-refractivity contribution in [1.82, 2.24) is 5.32 Å². The Morgan fingerprint density at radius 2 is 1.90 bits per heavy atom. The highest BCUT2D eigenvalue weighted by atomic mass is 16.4. The SMILES string of the molecule is Cc1ccc(N(C)C(=O)NC2(CC(=O)O)CCC2)cc1. The minimum absolute atomic E-state index is 0.0134. The summed E-state index contributed by atoms with van der Waals surface area (Å²) >= 11 is 0. The Morgan fingerprint density at radius 3 is 2.35 bits per heavy atom. The highest BCUT2D eigenvalue weighted by Gasteiger charge is 2.41. The Labute approximate surface area is 118 Å². The van der Waals surface area contributed by atoms with Gasteiger partial charge in [-0.1, -0.05) is 17.7 Å². The van der Waals surface area contributed by atoms with Gasteiger partial charge in [-0.05, 0) is 38.3 Å². The topological polar surface area (TPSA) is 69.6 Å². The molecule has 5 heteroatoms. The second-order valence-corrected chi connectivity index (χ2v) is 5.53. The zero-order valence-electron chi connectivity index (χ0n) is 11.8. The van der Waals surface area contributed by atoms with E-state index in [1.165, 1.54) is 4.90 Å². The molecule has 2 rings (SSSR count). The van der Waals surface area contributed by atoms with E-state index < -0.39 is 11.5 Å². The average Bonchev–Trinajstić information content (AvgIpc) is 2.35. The first-order valence-electron chi connectivity index (χ1n) is 6.76. The molecule has 0 radical (unpaired) electrons. The molecule has 1 aromatic carbocycles. The minimum atomic E-state index is -0.872. The summed E-state index contributed by atoms with van der Waals surface area (Å²) in [7, 11) is 1.69. The largest absolute Gasteiger partial charge is 0.481 e. The van der Waals surface area contributed by atoms with E-state index in [1.54, 1.807) is 7.05 Å². The van der Waals surface area contributed by atoms with Crippen LogP contribution in [-0.4, -0.2) is 29.7 Å². The summed E-state index contributed by atoms with van der Waals surface area (Å²) in [5.41, 5.74) is 1.35. The summed E-state index contributed by atoms with van der Waals surface area (Å²) in [5, 5.41) is 11.8. The number of urea groups is 1. The van der Waals surface area contributed by atoms with Gasteiger partial charge >= 0.3 is 12.0 Å². The molecule has 20 heavy (non-hydrogen) atoms. The van der Waals surface area contributed by atoms with E-state index in [0.717, 1.165) is 30.5 Å². The molecule has 1 aromatic rings. The Hall–Kier alpha value is -2.04. The highest BCUT2D eigenvalue weighted by Crippen LogP contribution is 2.35. The summed E-state index contributed by atoms with van der Waals surface area (Å²) in [5.74, 6) is -0.872. The third kappa shape index (κ3) is 3.10. The molecule has 1 aliphatic carbocycles. The molecule has 108 valence electrons. The van der Waals surface area contributed by atoms with Crippen LogP contribution in [0.5, 0.6) is 0 Å². The number of nitrogens with zero attached hydrogens (tertiary/aromatic N) is 1. The van der Waals surface area contributed by atoms with Gasteiger partial charge in [0.1, 0.15) is 0 Å². The molecule has 1 saturated carbocycles. The summed E-state index contributed by atoms with van der Waals surface area (Å²) in [6, 6.07) is 7.37. The van der Waals surface area contributed by atoms with E-state index >= 15 is 0 Å². The first kappa shape index (κ1) is 14.4. The summed E-state index contributed by atoms with van der Waals surface area (Å²) in [6.45, 7) is 1.99. The average molecular weight is 276 g/mol. The Balaban J connectivity index is 2.03. The van der Waals surface area contributed by atoms with Gasteiger partial charge in [-0.3, -0.25) is 9.69 Å². The number of aliphatic carboxylic acids is 1. The number of hydrogen-bond acceptors (Lipinski definition) is 2. The van der Waals surface area contributed by atoms with E-state index in [-0.39, 0.29) is 12.5 Å². The Morgan fingerprint density at radius 1 is 1.30 bits per heavy atom. The van der Waals surface area contributed by atoms with Crippen molar-refractivity contribution in [3.63, 3.8) is 0 Å². The number of amides is 2. The van der Waals surface area contributed by atoms with Crippen molar-refractivity contribution in [1.29, 1.82) is 0 Å². The third-order valence-electron chi connectivity index (χ3n) is 3.90. The van der Waals surface area contributed by atoms with Gasteiger partial charge in [-0.25, -0.2) is 4.79 Å². The fourth-order valence-corrected chi connectivity index (χ4v) is 2.44. The second kappa shape index (κ2) is 5.53. The smallest absolute Gasteiger partial charge is 0.322 e. The molecule has 0 spiro atoms. The molecular formula is C15H20N2O3. The van der Waals surface area contributed by atoms with Crippen LogP contribution in [0.15, 0.2) is 24.3 Å². The Kier molecular flexibility index (Phi) is 3.97. The van der Waals surface area contributed by atoms with Crippen molar-refractivity contribution in [2.24, 2.45) is 0 Å². The Bertz CT molecular complexity index is 506. The first-order chi connectivity index (χ1) is 9.42. The molecule has 0 bridgehead atoms. The van der Waals surface area contributed by atoms with Crippen LogP contribution < -0.4 is 10.2 Å². The summed E-state index contributed by atoms with van der Waals surface area (Å²) in [4.78, 5) is 24.7. The molecule has 0 unspecified atom stereocenters. The van der Waals surface area contributed by atoms with E-state index in [9.17, 15) is 9.59 Å². The van der Waals surface area contributed by atoms with Crippen molar-refractivity contribution in [2.75, 3.05) is 11.9 Å². The van der Waals surface area contributed by atoms with Crippen molar-refractivity contribution in [2.45, 2.75) is 38.1 Å². The number of carbonyl (C=O) groups excluding carboxylic acids is 1. The summed E-state index contributed by atoms with van der Waals surface area (Å²) < 4.78 is 0. The van der Waals surface area contributed by atoms with Crippen LogP contribution in [0, 0.1) is 6.92 Å². The van der Waals surface area contributed by atoms with Crippen molar-refractivity contribution in [3.05, 3.63) is 29.8 Å². The molecule has 0 saturated heterocycles. The van der Waals surface area contributed by atoms with Gasteiger partial charge in [0, 0.05) is 12.7 Å². The van der Waals surface area contributed by atoms with Crippen LogP contribution in [0.4, 0.5) is 10.5 Å². The lowest BCUT2D eigenvalue weighted by molar-refractivity contribution is -0.139. The van der Waals surface area contributed by atoms with Crippen LogP contribution >= 0.6 is 0 Å². The minimum Gasteiger partial charge on any atom is -0.481 e. The van der Waals surface area contributed by atoms with Crippen LogP contribution in [-0.2, 0) is 4.79 Å². The molecular weight excluding hydrogens is 256 g/mol. The van der Waals surface area contributed by atoms with Gasteiger partial charge in [-0.15, -0.1) is 0 Å². The molecule has 0 atom stereocenters. The zero-order chi connectivity index (χ0) is 14.8. The predicted molar refractivity (Wildman–Crippen MR) is 76.9 cm³/mol. The van der Waals surface area contributed by atoms with Gasteiger partial charge in [0.2, 0.25) is 0 Å². The normalized spacial score (nSPS) is 16.1. The third-order valence-corrected chi connectivity index (χ3v) is 3.90. The lowest BCUT2D eigenvalue weighted by Gasteiger charge is -2.42. The van der Waals surface area contributed by atoms with E-state index in [0.29, 0.717) is 0 Å². The van der Waals surface area contributed by atoms with Crippen LogP contribution in [0.1, 0.15) is 31.2 Å². The second-order valence-electron chi connectivity index (χ2n) is 5.53. The molecule has 2 amide bonds. The van der Waals surface area contributed by atoms with Gasteiger partial charge < -0.3 is 10.4 Å². The summed E-state index contributed by atoms with van der Waals surface area (Å²) in [6.07, 6.45) is 2.40. The van der Waals surface area contributed by atoms with Gasteiger partial charge in [0.05, 0.1) is 12.0 Å². The lowest BCUT2D eigenvalue weighted by atomic mass is 9.74. The highest BCUT2D eigenvalue weighted by molar-refractivity contribution is 5.92. The van der Waals surface area contributed by atoms with E-state index in [4.69, 9.17) is 5.11 Å². The quantitative estimate of drug-likeness (QED) is 0.887. The standard InChI is InChI=1S/C15H20N2O3/c1-11-4-6-12(7-5-11)17(2)14(20)16-15(8-3-9-15)10-13(18)19/h4-7H,3,8-10H2,1-2H3,(H,16,20)(H,18,19). The number of benzene rings is 1. The number of carboxylic acids is 1. The maximum atomic E-state index is 12.2. The fourth-order valence-electron chi connectivity index (χ4n) is 2.44. The maximum Gasteiger partial charge on any atom is 0.322 e. The molecule has 1 fully saturated rings. The van der Waals surface area contributed by atoms with Crippen molar-refractivity contribution >= 4 is 17.7 Å². The molecule has 0 aromatic heterocycles. The van der Waals surface area contributed by atoms with Crippen LogP contribution in [0.3, 0.4) is 0 Å². The number of rotatable bonds is 4. The molecule has 0 aliphatic heterocycles. The number of carbonyl (C=O) groups is 2. The number of carboxylic acid groups (broad SMARTS) is 1. The van der Waals surface area contributed by atoms with Crippen LogP contribution in [0.25, 0.3) is 0 Å². The van der Waals surface area contributed by atoms with Crippen molar-refractivity contribution in [3.8, 4) is 0 Å². The van der Waals surface area contributed by atoms with E-state index in [1.807, 2.05) is 31.2 Å². The predicted octanol–water partition coefficient (Wildman–Crippen LogP) is 2.54. The fraction of sp³-hybridized carbons (Fsp3) is 0.467. The maximum absolute atomic E-state index is 12.2. The lowest BCUT2D eigenvalue weighted by Crippen LogP contribution is -2.57. The number of nitrogens with one attached hydrogen (secondary N) is 1. The van der Waals surface area contributed by atoms with Gasteiger partial charge in [0.15, 0.2) is 0 Å². The molecule has 5 nitrogen and oxygen atoms in total. The van der Waals surface area contributed by atoms with Crippen LogP contribution in [0.2, 0.25) is 0 Å². The number of aryl methyl sites for hydroxylation is 1. The zero-order valence-corrected chi connectivity index (χ0v) is 11.8. The number of hydrogen-bond donors (Lipinski definition) is 2. The van der Waals surface area contributed by atoms with Gasteiger partial charge in [-0.2, -0.15) is 0 Å².